The Hall–Kier alpha value is -3.59. The number of ether oxygens (including phenoxy) is 2. The fraction of sp³-hybridized carbons (Fsp3) is 0.639. The molecule has 0 aliphatic heterocycles. The van der Waals surface area contributed by atoms with Crippen LogP contribution in [-0.2, 0) is 32.7 Å². The summed E-state index contributed by atoms with van der Waals surface area (Å²) in [6, 6.07) is 0. The number of hydrogen-bond donors (Lipinski definition) is 2. The summed E-state index contributed by atoms with van der Waals surface area (Å²) in [7, 11) is -4.40. The van der Waals surface area contributed by atoms with E-state index in [1.807, 2.05) is 0 Å². The zero-order chi connectivity index (χ0) is 51.7. The lowest BCUT2D eigenvalue weighted by Gasteiger charge is -2.19. The first kappa shape index (κ1) is 67.4. The van der Waals surface area contributed by atoms with E-state index in [1.54, 1.807) is 0 Å². The third kappa shape index (κ3) is 55.6. The largest absolute Gasteiger partial charge is 0.472 e. The molecule has 0 aromatic heterocycles. The molecule has 0 amide bonds. The van der Waals surface area contributed by atoms with Gasteiger partial charge in [0.2, 0.25) is 0 Å². The summed E-state index contributed by atoms with van der Waals surface area (Å²) in [4.78, 5) is 35.2. The molecule has 10 heteroatoms. The second-order valence-electron chi connectivity index (χ2n) is 18.0. The summed E-state index contributed by atoms with van der Waals surface area (Å²) >= 11 is 0. The fourth-order valence-corrected chi connectivity index (χ4v) is 8.04. The number of hydrogen-bond acceptors (Lipinski definition) is 8. The van der Waals surface area contributed by atoms with Crippen molar-refractivity contribution in [2.45, 2.75) is 225 Å². The third-order valence-electron chi connectivity index (χ3n) is 11.3. The van der Waals surface area contributed by atoms with E-state index < -0.39 is 32.5 Å². The fourth-order valence-electron chi connectivity index (χ4n) is 7.28. The van der Waals surface area contributed by atoms with Crippen LogP contribution in [-0.4, -0.2) is 49.3 Å². The summed E-state index contributed by atoms with van der Waals surface area (Å²) in [5.41, 5.74) is 5.38. The van der Waals surface area contributed by atoms with Crippen LogP contribution < -0.4 is 5.73 Å². The predicted octanol–water partition coefficient (Wildman–Crippen LogP) is 17.6. The van der Waals surface area contributed by atoms with E-state index in [4.69, 9.17) is 24.3 Å². The first-order valence-corrected chi connectivity index (χ1v) is 29.5. The number of allylic oxidation sites excluding steroid dienone is 20. The Morgan fingerprint density at radius 2 is 0.732 bits per heavy atom. The van der Waals surface area contributed by atoms with Crippen LogP contribution >= 0.6 is 7.82 Å². The molecule has 0 rings (SSSR count). The van der Waals surface area contributed by atoms with Crippen LogP contribution in [0.25, 0.3) is 0 Å². The molecule has 0 aromatic carbocycles. The van der Waals surface area contributed by atoms with Gasteiger partial charge in [0.05, 0.1) is 13.2 Å². The van der Waals surface area contributed by atoms with Crippen molar-refractivity contribution in [1.82, 2.24) is 0 Å². The average molecular weight is 1010 g/mol. The van der Waals surface area contributed by atoms with E-state index in [0.717, 1.165) is 122 Å². The lowest BCUT2D eigenvalue weighted by molar-refractivity contribution is -0.161. The molecule has 0 radical (unpaired) electrons. The van der Waals surface area contributed by atoms with E-state index in [9.17, 15) is 19.0 Å². The minimum Gasteiger partial charge on any atom is -0.462 e. The molecule has 0 saturated heterocycles. The van der Waals surface area contributed by atoms with Gasteiger partial charge in [-0.05, 0) is 103 Å². The molecule has 404 valence electrons. The van der Waals surface area contributed by atoms with Crippen molar-refractivity contribution >= 4 is 19.8 Å². The molecule has 2 unspecified atom stereocenters. The topological polar surface area (TPSA) is 134 Å². The Morgan fingerprint density at radius 3 is 1.08 bits per heavy atom. The monoisotopic (exact) mass is 1010 g/mol. The first-order valence-electron chi connectivity index (χ1n) is 28.0. The standard InChI is InChI=1S/C61H102NO8P/c1-3-5-7-9-11-13-15-17-19-21-23-25-26-27-28-29-30-31-32-34-36-38-40-42-44-46-48-50-52-54-61(64)70-59(58-69-71(65,66)68-56-55-62)57-67-60(63)53-51-49-47-45-43-41-39-37-35-33-24-22-20-18-16-14-12-10-8-6-4-2/h5-8,11-14,17-20,23-25,27-28,30-31,33,59H,3-4,9-10,15-16,21-22,26,29,32,34-58,62H2,1-2H3,(H,65,66)/b7-5-,8-6-,13-11-,14-12-,19-17-,20-18-,25-23-,28-27-,31-30-,33-24-. The molecule has 0 aromatic rings. The number of esters is 2. The van der Waals surface area contributed by atoms with Crippen LogP contribution in [0.5, 0.6) is 0 Å². The Labute approximate surface area is 434 Å². The van der Waals surface area contributed by atoms with Crippen LogP contribution in [0, 0.1) is 0 Å². The normalized spacial score (nSPS) is 14.0. The zero-order valence-electron chi connectivity index (χ0n) is 44.9. The van der Waals surface area contributed by atoms with E-state index >= 15 is 0 Å². The van der Waals surface area contributed by atoms with E-state index in [2.05, 4.69) is 135 Å². The van der Waals surface area contributed by atoms with Gasteiger partial charge in [0.25, 0.3) is 0 Å². The highest BCUT2D eigenvalue weighted by Crippen LogP contribution is 2.43. The molecule has 0 spiro atoms. The summed E-state index contributed by atoms with van der Waals surface area (Å²) in [6.07, 6.45) is 76.7. The van der Waals surface area contributed by atoms with Crippen molar-refractivity contribution in [2.75, 3.05) is 26.4 Å². The zero-order valence-corrected chi connectivity index (χ0v) is 45.8. The van der Waals surface area contributed by atoms with Gasteiger partial charge in [-0.1, -0.05) is 225 Å². The van der Waals surface area contributed by atoms with E-state index in [0.29, 0.717) is 6.42 Å². The molecule has 0 saturated carbocycles. The van der Waals surface area contributed by atoms with Crippen LogP contribution in [0.4, 0.5) is 0 Å². The molecule has 0 aliphatic carbocycles. The molecule has 2 atom stereocenters. The maximum absolute atomic E-state index is 12.7. The van der Waals surface area contributed by atoms with Crippen molar-refractivity contribution < 1.29 is 37.6 Å². The number of carbonyl (C=O) groups excluding carboxylic acids is 2. The summed E-state index contributed by atoms with van der Waals surface area (Å²) in [6.45, 7) is 3.49. The lowest BCUT2D eigenvalue weighted by atomic mass is 10.0. The van der Waals surface area contributed by atoms with E-state index in [-0.39, 0.29) is 32.6 Å². The Morgan fingerprint density at radius 1 is 0.423 bits per heavy atom. The Bertz CT molecular complexity index is 1570. The molecule has 3 N–H and O–H groups in total. The number of nitrogens with two attached hydrogens (primary N) is 1. The average Bonchev–Trinajstić information content (AvgIpc) is 3.36. The SMILES string of the molecule is CC/C=C\C/C=C\C/C=C\C/C=C\C/C=C\C/C=C\CCCCCCCCCCCCC(=O)OC(COC(=O)CCCCCCCCCC/C=C\C/C=C\C/C=C\C/C=C\CC)COP(=O)(O)OCCN. The quantitative estimate of drug-likeness (QED) is 0.0264. The Kier molecular flexibility index (Phi) is 52.9. The van der Waals surface area contributed by atoms with Gasteiger partial charge < -0.3 is 20.1 Å². The maximum atomic E-state index is 12.7. The van der Waals surface area contributed by atoms with Crippen molar-refractivity contribution in [3.05, 3.63) is 122 Å². The van der Waals surface area contributed by atoms with Gasteiger partial charge in [-0.25, -0.2) is 4.57 Å². The maximum Gasteiger partial charge on any atom is 0.472 e. The predicted molar refractivity (Wildman–Crippen MR) is 302 cm³/mol. The molecular weight excluding hydrogens is 906 g/mol. The Balaban J connectivity index is 4.05. The van der Waals surface area contributed by atoms with Crippen LogP contribution in [0.1, 0.15) is 219 Å². The minimum atomic E-state index is -4.40. The summed E-state index contributed by atoms with van der Waals surface area (Å²) in [5.74, 6) is -0.849. The summed E-state index contributed by atoms with van der Waals surface area (Å²) in [5, 5.41) is 0. The number of carbonyl (C=O) groups is 2. The second-order valence-corrected chi connectivity index (χ2v) is 19.5. The van der Waals surface area contributed by atoms with Gasteiger partial charge in [0, 0.05) is 19.4 Å². The van der Waals surface area contributed by atoms with Gasteiger partial charge in [0.1, 0.15) is 6.61 Å². The highest BCUT2D eigenvalue weighted by molar-refractivity contribution is 7.47. The van der Waals surface area contributed by atoms with Crippen LogP contribution in [0.3, 0.4) is 0 Å². The van der Waals surface area contributed by atoms with Gasteiger partial charge >= 0.3 is 19.8 Å². The number of unbranched alkanes of at least 4 members (excludes halogenated alkanes) is 18. The van der Waals surface area contributed by atoms with Gasteiger partial charge in [-0.2, -0.15) is 0 Å². The molecule has 71 heavy (non-hydrogen) atoms. The molecule has 0 aliphatic rings. The van der Waals surface area contributed by atoms with Crippen LogP contribution in [0.2, 0.25) is 0 Å². The minimum absolute atomic E-state index is 0.0451. The van der Waals surface area contributed by atoms with Crippen molar-refractivity contribution in [1.29, 1.82) is 0 Å². The van der Waals surface area contributed by atoms with Crippen LogP contribution in [0.15, 0.2) is 122 Å². The molecular formula is C61H102NO8P. The number of rotatable bonds is 51. The molecule has 0 fully saturated rings. The number of phosphoric acid groups is 1. The smallest absolute Gasteiger partial charge is 0.462 e. The molecule has 9 nitrogen and oxygen atoms in total. The number of phosphoric ester groups is 1. The van der Waals surface area contributed by atoms with Gasteiger partial charge in [-0.3, -0.25) is 18.6 Å². The summed E-state index contributed by atoms with van der Waals surface area (Å²) < 4.78 is 33.0. The highest BCUT2D eigenvalue weighted by Gasteiger charge is 2.26. The third-order valence-corrected chi connectivity index (χ3v) is 12.3. The van der Waals surface area contributed by atoms with Crippen molar-refractivity contribution in [3.63, 3.8) is 0 Å². The lowest BCUT2D eigenvalue weighted by Crippen LogP contribution is -2.29. The van der Waals surface area contributed by atoms with Gasteiger partial charge in [-0.15, -0.1) is 0 Å². The highest BCUT2D eigenvalue weighted by atomic mass is 31.2. The van der Waals surface area contributed by atoms with Crippen molar-refractivity contribution in [3.8, 4) is 0 Å². The molecule has 0 bridgehead atoms. The van der Waals surface area contributed by atoms with E-state index in [1.165, 1.54) is 64.2 Å². The van der Waals surface area contributed by atoms with Crippen molar-refractivity contribution in [2.24, 2.45) is 5.73 Å². The van der Waals surface area contributed by atoms with Gasteiger partial charge in [0.15, 0.2) is 6.10 Å². The first-order chi connectivity index (χ1) is 34.8. The molecule has 0 heterocycles. The second kappa shape index (κ2) is 55.7.